The number of carbonyl (C=O) groups is 3. The van der Waals surface area contributed by atoms with Crippen molar-refractivity contribution in [2.45, 2.75) is 22.3 Å². The number of anilines is 1. The maximum atomic E-state index is 13.7. The van der Waals surface area contributed by atoms with E-state index in [4.69, 9.17) is 4.18 Å². The van der Waals surface area contributed by atoms with Crippen LogP contribution in [-0.2, 0) is 29.7 Å². The van der Waals surface area contributed by atoms with E-state index in [0.717, 1.165) is 36.0 Å². The lowest BCUT2D eigenvalue weighted by Crippen LogP contribution is -2.44. The summed E-state index contributed by atoms with van der Waals surface area (Å²) in [6, 6.07) is 24.1. The number of hydrogen-bond acceptors (Lipinski definition) is 8. The van der Waals surface area contributed by atoms with E-state index in [2.05, 4.69) is 4.72 Å². The van der Waals surface area contributed by atoms with Crippen molar-refractivity contribution >= 4 is 65.2 Å². The van der Waals surface area contributed by atoms with Gasteiger partial charge in [-0.05, 0) is 64.0 Å². The molecule has 0 saturated heterocycles. The van der Waals surface area contributed by atoms with E-state index in [0.29, 0.717) is 15.7 Å². The van der Waals surface area contributed by atoms with E-state index in [9.17, 15) is 41.4 Å². The second-order valence-corrected chi connectivity index (χ2v) is 13.5. The minimum absolute atomic E-state index is 0.147. The third-order valence-electron chi connectivity index (χ3n) is 7.15. The molecule has 0 aliphatic heterocycles. The van der Waals surface area contributed by atoms with Crippen molar-refractivity contribution in [2.75, 3.05) is 11.8 Å². The van der Waals surface area contributed by atoms with Crippen molar-refractivity contribution in [3.05, 3.63) is 109 Å². The van der Waals surface area contributed by atoms with Crippen LogP contribution in [0.25, 0.3) is 21.5 Å². The Kier molecular flexibility index (Phi) is 8.68. The van der Waals surface area contributed by atoms with Crippen molar-refractivity contribution in [2.24, 2.45) is 0 Å². The van der Waals surface area contributed by atoms with Gasteiger partial charge in [0.25, 0.3) is 15.9 Å². The molecule has 0 heterocycles. The van der Waals surface area contributed by atoms with Gasteiger partial charge in [-0.2, -0.15) is 8.42 Å². The standard InChI is InChI=1S/C32H26N2O10S2/c1-34(29(32(38)39)19-30(35)36)31(37)27-18-24(44-46(42,43)26-14-11-21-7-3-5-9-23(21)17-26)12-15-28(27)33-45(40,41)25-13-10-20-6-2-4-8-22(20)16-25/h2-18,29,33H,19H2,1H3,(H,35,36)(H,38,39)/t29-/m0/s1. The molecule has 0 fully saturated rings. The van der Waals surface area contributed by atoms with Crippen molar-refractivity contribution in [3.8, 4) is 5.75 Å². The monoisotopic (exact) mass is 662 g/mol. The SMILES string of the molecule is CN(C(=O)c1cc(OS(=O)(=O)c2ccc3ccccc3c2)ccc1NS(=O)(=O)c1ccc2ccccc2c1)[C@@H](CC(=O)O)C(=O)O. The van der Waals surface area contributed by atoms with Crippen LogP contribution >= 0.6 is 0 Å². The summed E-state index contributed by atoms with van der Waals surface area (Å²) in [5.74, 6) is -4.62. The zero-order chi connectivity index (χ0) is 33.2. The number of aliphatic carboxylic acids is 2. The maximum absolute atomic E-state index is 13.7. The molecule has 1 amide bonds. The topological polar surface area (TPSA) is 184 Å². The first-order valence-electron chi connectivity index (χ1n) is 13.6. The molecule has 236 valence electrons. The Balaban J connectivity index is 1.55. The molecule has 0 saturated carbocycles. The van der Waals surface area contributed by atoms with Gasteiger partial charge in [0, 0.05) is 7.05 Å². The van der Waals surface area contributed by atoms with Crippen molar-refractivity contribution in [1.82, 2.24) is 4.90 Å². The highest BCUT2D eigenvalue weighted by Crippen LogP contribution is 2.30. The van der Waals surface area contributed by atoms with Crippen LogP contribution in [0.5, 0.6) is 5.75 Å². The first kappa shape index (κ1) is 31.9. The molecule has 5 rings (SSSR count). The lowest BCUT2D eigenvalue weighted by atomic mass is 10.1. The lowest BCUT2D eigenvalue weighted by molar-refractivity contribution is -0.148. The number of benzene rings is 5. The molecule has 0 unspecified atom stereocenters. The summed E-state index contributed by atoms with van der Waals surface area (Å²) < 4.78 is 60.9. The molecule has 5 aromatic rings. The Bertz CT molecular complexity index is 2230. The van der Waals surface area contributed by atoms with E-state index < -0.39 is 56.0 Å². The van der Waals surface area contributed by atoms with Gasteiger partial charge in [-0.3, -0.25) is 14.3 Å². The van der Waals surface area contributed by atoms with Gasteiger partial charge in [0.05, 0.1) is 22.6 Å². The predicted molar refractivity (Wildman–Crippen MR) is 169 cm³/mol. The van der Waals surface area contributed by atoms with Crippen LogP contribution in [0.1, 0.15) is 16.8 Å². The quantitative estimate of drug-likeness (QED) is 0.169. The minimum Gasteiger partial charge on any atom is -0.481 e. The molecule has 14 heteroatoms. The maximum Gasteiger partial charge on any atom is 0.339 e. The van der Waals surface area contributed by atoms with E-state index in [1.165, 1.54) is 24.3 Å². The molecule has 46 heavy (non-hydrogen) atoms. The van der Waals surface area contributed by atoms with Gasteiger partial charge in [0.1, 0.15) is 16.7 Å². The van der Waals surface area contributed by atoms with Gasteiger partial charge < -0.3 is 19.3 Å². The highest BCUT2D eigenvalue weighted by molar-refractivity contribution is 7.92. The average Bonchev–Trinajstić information content (AvgIpc) is 3.02. The summed E-state index contributed by atoms with van der Waals surface area (Å²) in [5, 5.41) is 21.6. The molecule has 0 aliphatic rings. The first-order chi connectivity index (χ1) is 21.7. The molecular weight excluding hydrogens is 636 g/mol. The molecule has 0 aliphatic carbocycles. The van der Waals surface area contributed by atoms with Crippen LogP contribution in [-0.4, -0.2) is 62.9 Å². The fourth-order valence-electron chi connectivity index (χ4n) is 4.76. The Morgan fingerprint density at radius 3 is 1.85 bits per heavy atom. The van der Waals surface area contributed by atoms with Crippen LogP contribution < -0.4 is 8.91 Å². The van der Waals surface area contributed by atoms with E-state index >= 15 is 0 Å². The first-order valence-corrected chi connectivity index (χ1v) is 16.4. The number of amides is 1. The van der Waals surface area contributed by atoms with Crippen LogP contribution in [0.4, 0.5) is 5.69 Å². The number of carbonyl (C=O) groups excluding carboxylic acids is 1. The molecule has 3 N–H and O–H groups in total. The molecule has 1 atom stereocenters. The number of nitrogens with one attached hydrogen (secondary N) is 1. The fraction of sp³-hybridized carbons (Fsp3) is 0.0938. The fourth-order valence-corrected chi connectivity index (χ4v) is 6.84. The normalized spacial score (nSPS) is 12.4. The second-order valence-electron chi connectivity index (χ2n) is 10.2. The van der Waals surface area contributed by atoms with Gasteiger partial charge >= 0.3 is 22.1 Å². The zero-order valence-electron chi connectivity index (χ0n) is 24.0. The van der Waals surface area contributed by atoms with E-state index in [-0.39, 0.29) is 21.2 Å². The molecule has 0 bridgehead atoms. The van der Waals surface area contributed by atoms with Gasteiger partial charge in [-0.1, -0.05) is 60.7 Å². The third kappa shape index (κ3) is 6.77. The van der Waals surface area contributed by atoms with Gasteiger partial charge in [0.2, 0.25) is 0 Å². The van der Waals surface area contributed by atoms with Crippen molar-refractivity contribution in [3.63, 3.8) is 0 Å². The summed E-state index contributed by atoms with van der Waals surface area (Å²) in [6.45, 7) is 0. The van der Waals surface area contributed by atoms with Crippen LogP contribution in [0.2, 0.25) is 0 Å². The van der Waals surface area contributed by atoms with Gasteiger partial charge in [-0.25, -0.2) is 13.2 Å². The van der Waals surface area contributed by atoms with E-state index in [1.54, 1.807) is 60.7 Å². The molecule has 0 spiro atoms. The minimum atomic E-state index is -4.46. The smallest absolute Gasteiger partial charge is 0.339 e. The summed E-state index contributed by atoms with van der Waals surface area (Å²) in [5.41, 5.74) is -0.824. The number of carboxylic acids is 2. The molecule has 12 nitrogen and oxygen atoms in total. The summed E-state index contributed by atoms with van der Waals surface area (Å²) >= 11 is 0. The van der Waals surface area contributed by atoms with Crippen LogP contribution in [0.3, 0.4) is 0 Å². The highest BCUT2D eigenvalue weighted by atomic mass is 32.2. The Morgan fingerprint density at radius 2 is 1.28 bits per heavy atom. The summed E-state index contributed by atoms with van der Waals surface area (Å²) in [6.07, 6.45) is -0.956. The number of carboxylic acid groups (broad SMARTS) is 2. The largest absolute Gasteiger partial charge is 0.481 e. The Morgan fingerprint density at radius 1 is 0.739 bits per heavy atom. The van der Waals surface area contributed by atoms with Crippen LogP contribution in [0, 0.1) is 0 Å². The number of likely N-dealkylation sites (N-methyl/N-ethyl adjacent to an activating group) is 1. The summed E-state index contributed by atoms with van der Waals surface area (Å²) in [4.78, 5) is 37.1. The Labute approximate surface area is 263 Å². The van der Waals surface area contributed by atoms with Gasteiger partial charge in [-0.15, -0.1) is 0 Å². The van der Waals surface area contributed by atoms with Crippen molar-refractivity contribution in [1.29, 1.82) is 0 Å². The highest BCUT2D eigenvalue weighted by Gasteiger charge is 2.32. The molecule has 5 aromatic carbocycles. The van der Waals surface area contributed by atoms with E-state index in [1.807, 2.05) is 0 Å². The average molecular weight is 663 g/mol. The Hall–Kier alpha value is -5.47. The number of rotatable bonds is 11. The zero-order valence-corrected chi connectivity index (χ0v) is 25.7. The van der Waals surface area contributed by atoms with Gasteiger partial charge in [0.15, 0.2) is 0 Å². The second kappa shape index (κ2) is 12.5. The van der Waals surface area contributed by atoms with Crippen molar-refractivity contribution < 1.29 is 45.6 Å². The molecular formula is C32H26N2O10S2. The summed E-state index contributed by atoms with van der Waals surface area (Å²) in [7, 11) is -7.77. The lowest BCUT2D eigenvalue weighted by Gasteiger charge is -2.25. The number of hydrogen-bond donors (Lipinski definition) is 3. The molecule has 0 radical (unpaired) electrons. The number of nitrogens with zero attached hydrogens (tertiary/aromatic N) is 1. The number of sulfonamides is 1. The predicted octanol–water partition coefficient (Wildman–Crippen LogP) is 4.56. The number of fused-ring (bicyclic) bond motifs is 2. The molecule has 0 aromatic heterocycles. The van der Waals surface area contributed by atoms with Crippen LogP contribution in [0.15, 0.2) is 113 Å². The third-order valence-corrected chi connectivity index (χ3v) is 9.76.